The Morgan fingerprint density at radius 1 is 1.19 bits per heavy atom. The first kappa shape index (κ1) is 12.3. The molecule has 0 atom stereocenters. The lowest BCUT2D eigenvalue weighted by molar-refractivity contribution is -0.0429. The summed E-state index contributed by atoms with van der Waals surface area (Å²) in [7, 11) is 0. The maximum Gasteiger partial charge on any atom is 0.0501 e. The van der Waals surface area contributed by atoms with Crippen molar-refractivity contribution in [1.29, 1.82) is 0 Å². The number of nitrogens with zero attached hydrogens (tertiary/aromatic N) is 1. The van der Waals surface area contributed by atoms with Crippen LogP contribution in [0, 0.1) is 5.41 Å². The van der Waals surface area contributed by atoms with Crippen molar-refractivity contribution in [3.8, 4) is 0 Å². The Morgan fingerprint density at radius 2 is 1.88 bits per heavy atom. The van der Waals surface area contributed by atoms with Crippen molar-refractivity contribution in [2.75, 3.05) is 32.9 Å². The van der Waals surface area contributed by atoms with Gasteiger partial charge < -0.3 is 9.84 Å². The Bertz CT molecular complexity index is 234. The van der Waals surface area contributed by atoms with Crippen LogP contribution in [0.2, 0.25) is 0 Å². The molecule has 2 fully saturated rings. The molecule has 0 aromatic rings. The third-order valence-electron chi connectivity index (χ3n) is 4.49. The summed E-state index contributed by atoms with van der Waals surface area (Å²) in [6, 6.07) is 0. The maximum atomic E-state index is 9.69. The molecule has 16 heavy (non-hydrogen) atoms. The van der Waals surface area contributed by atoms with Gasteiger partial charge in [-0.05, 0) is 46.1 Å². The Morgan fingerprint density at radius 3 is 2.38 bits per heavy atom. The Labute approximate surface area is 98.8 Å². The fourth-order valence-electron chi connectivity index (χ4n) is 3.03. The molecule has 2 saturated heterocycles. The van der Waals surface area contributed by atoms with Crippen LogP contribution < -0.4 is 0 Å². The lowest BCUT2D eigenvalue weighted by Gasteiger charge is -2.42. The van der Waals surface area contributed by atoms with Gasteiger partial charge in [-0.2, -0.15) is 0 Å². The fourth-order valence-corrected chi connectivity index (χ4v) is 3.03. The van der Waals surface area contributed by atoms with Crippen LogP contribution in [0.5, 0.6) is 0 Å². The minimum absolute atomic E-state index is 0.0971. The van der Waals surface area contributed by atoms with E-state index in [9.17, 15) is 5.11 Å². The van der Waals surface area contributed by atoms with Gasteiger partial charge in [0.2, 0.25) is 0 Å². The number of aliphatic hydroxyl groups is 1. The number of likely N-dealkylation sites (tertiary alicyclic amines) is 1. The molecule has 1 N–H and O–H groups in total. The molecule has 94 valence electrons. The average molecular weight is 227 g/mol. The van der Waals surface area contributed by atoms with Crippen LogP contribution in [0.25, 0.3) is 0 Å². The first-order valence-electron chi connectivity index (χ1n) is 6.52. The van der Waals surface area contributed by atoms with Crippen molar-refractivity contribution >= 4 is 0 Å². The second kappa shape index (κ2) is 4.63. The minimum atomic E-state index is 0.0971. The number of rotatable bonds is 3. The van der Waals surface area contributed by atoms with Crippen molar-refractivity contribution in [3.05, 3.63) is 0 Å². The van der Waals surface area contributed by atoms with Gasteiger partial charge in [-0.15, -0.1) is 0 Å². The summed E-state index contributed by atoms with van der Waals surface area (Å²) in [6.45, 7) is 8.82. The molecule has 0 saturated carbocycles. The zero-order valence-electron chi connectivity index (χ0n) is 10.7. The number of ether oxygens (including phenoxy) is 1. The molecule has 3 nitrogen and oxygen atoms in total. The van der Waals surface area contributed by atoms with Crippen LogP contribution in [-0.4, -0.2) is 48.5 Å². The number of hydrogen-bond acceptors (Lipinski definition) is 3. The van der Waals surface area contributed by atoms with E-state index in [0.717, 1.165) is 32.6 Å². The summed E-state index contributed by atoms with van der Waals surface area (Å²) in [5, 5.41) is 9.69. The highest BCUT2D eigenvalue weighted by molar-refractivity contribution is 4.93. The van der Waals surface area contributed by atoms with Gasteiger partial charge in [-0.3, -0.25) is 4.90 Å². The maximum absolute atomic E-state index is 9.69. The van der Waals surface area contributed by atoms with E-state index in [-0.39, 0.29) is 5.41 Å². The molecule has 0 aliphatic carbocycles. The third kappa shape index (κ3) is 2.41. The van der Waals surface area contributed by atoms with Crippen molar-refractivity contribution in [2.45, 2.75) is 45.1 Å². The monoisotopic (exact) mass is 227 g/mol. The van der Waals surface area contributed by atoms with E-state index >= 15 is 0 Å². The van der Waals surface area contributed by atoms with E-state index in [4.69, 9.17) is 4.74 Å². The predicted octanol–water partition coefficient (Wildman–Crippen LogP) is 1.65. The van der Waals surface area contributed by atoms with Gasteiger partial charge >= 0.3 is 0 Å². The van der Waals surface area contributed by atoms with Gasteiger partial charge in [0.15, 0.2) is 0 Å². The van der Waals surface area contributed by atoms with Gasteiger partial charge in [0.1, 0.15) is 0 Å². The van der Waals surface area contributed by atoms with Crippen LogP contribution in [-0.2, 0) is 4.74 Å². The van der Waals surface area contributed by atoms with Gasteiger partial charge in [0.25, 0.3) is 0 Å². The average Bonchev–Trinajstić information content (AvgIpc) is 2.60. The topological polar surface area (TPSA) is 32.7 Å². The molecule has 2 rings (SSSR count). The van der Waals surface area contributed by atoms with Gasteiger partial charge in [-0.25, -0.2) is 0 Å². The van der Waals surface area contributed by atoms with E-state index in [2.05, 4.69) is 18.7 Å². The molecule has 0 aromatic carbocycles. The van der Waals surface area contributed by atoms with Crippen molar-refractivity contribution in [2.24, 2.45) is 5.41 Å². The second-order valence-corrected chi connectivity index (χ2v) is 6.11. The first-order chi connectivity index (χ1) is 7.58. The minimum Gasteiger partial charge on any atom is -0.396 e. The normalized spacial score (nSPS) is 29.4. The highest BCUT2D eigenvalue weighted by Crippen LogP contribution is 2.36. The smallest absolute Gasteiger partial charge is 0.0501 e. The number of aliphatic hydroxyl groups excluding tert-OH is 1. The molecular formula is C13H25NO2. The van der Waals surface area contributed by atoms with E-state index < -0.39 is 0 Å². The Hall–Kier alpha value is -0.120. The summed E-state index contributed by atoms with van der Waals surface area (Å²) < 4.78 is 5.41. The molecule has 2 aliphatic rings. The Balaban J connectivity index is 2.00. The highest BCUT2D eigenvalue weighted by Gasteiger charge is 2.40. The highest BCUT2D eigenvalue weighted by atomic mass is 16.5. The molecule has 0 spiro atoms. The van der Waals surface area contributed by atoms with Gasteiger partial charge in [-0.1, -0.05) is 0 Å². The SMILES string of the molecule is CC1(C)CCCN1CC1(CO)CCOCC1. The summed E-state index contributed by atoms with van der Waals surface area (Å²) in [4.78, 5) is 2.56. The van der Waals surface area contributed by atoms with Crippen molar-refractivity contribution in [1.82, 2.24) is 4.90 Å². The predicted molar refractivity (Wildman–Crippen MR) is 64.5 cm³/mol. The molecule has 2 heterocycles. The molecule has 2 aliphatic heterocycles. The quantitative estimate of drug-likeness (QED) is 0.796. The summed E-state index contributed by atoms with van der Waals surface area (Å²) in [5.74, 6) is 0. The lowest BCUT2D eigenvalue weighted by Crippen LogP contribution is -2.48. The van der Waals surface area contributed by atoms with E-state index in [1.165, 1.54) is 19.4 Å². The van der Waals surface area contributed by atoms with Crippen LogP contribution >= 0.6 is 0 Å². The van der Waals surface area contributed by atoms with Crippen LogP contribution in [0.15, 0.2) is 0 Å². The molecule has 0 bridgehead atoms. The standard InChI is InChI=1S/C13H25NO2/c1-12(2)4-3-7-14(12)10-13(11-15)5-8-16-9-6-13/h15H,3-11H2,1-2H3. The Kier molecular flexibility index (Phi) is 3.57. The fraction of sp³-hybridized carbons (Fsp3) is 1.00. The zero-order valence-corrected chi connectivity index (χ0v) is 10.7. The molecule has 0 unspecified atom stereocenters. The summed E-state index contributed by atoms with van der Waals surface area (Å²) >= 11 is 0. The first-order valence-corrected chi connectivity index (χ1v) is 6.52. The van der Waals surface area contributed by atoms with Gasteiger partial charge in [0, 0.05) is 30.7 Å². The van der Waals surface area contributed by atoms with Crippen molar-refractivity contribution in [3.63, 3.8) is 0 Å². The van der Waals surface area contributed by atoms with Crippen LogP contribution in [0.3, 0.4) is 0 Å². The van der Waals surface area contributed by atoms with Crippen LogP contribution in [0.1, 0.15) is 39.5 Å². The molecule has 0 amide bonds. The largest absolute Gasteiger partial charge is 0.396 e. The van der Waals surface area contributed by atoms with E-state index in [1.807, 2.05) is 0 Å². The summed E-state index contributed by atoms with van der Waals surface area (Å²) in [6.07, 6.45) is 4.60. The zero-order chi connectivity index (χ0) is 11.6. The van der Waals surface area contributed by atoms with Crippen LogP contribution in [0.4, 0.5) is 0 Å². The molecule has 0 radical (unpaired) electrons. The number of hydrogen-bond donors (Lipinski definition) is 1. The third-order valence-corrected chi connectivity index (χ3v) is 4.49. The van der Waals surface area contributed by atoms with E-state index in [0.29, 0.717) is 12.1 Å². The van der Waals surface area contributed by atoms with E-state index in [1.54, 1.807) is 0 Å². The lowest BCUT2D eigenvalue weighted by atomic mass is 9.80. The molecule has 0 aromatic heterocycles. The van der Waals surface area contributed by atoms with Crippen molar-refractivity contribution < 1.29 is 9.84 Å². The molecule has 3 heteroatoms. The second-order valence-electron chi connectivity index (χ2n) is 6.11. The molecular weight excluding hydrogens is 202 g/mol. The van der Waals surface area contributed by atoms with Gasteiger partial charge in [0.05, 0.1) is 6.61 Å². The summed E-state index contributed by atoms with van der Waals surface area (Å²) in [5.41, 5.74) is 0.417.